The molecule has 2 aromatic heterocycles. The van der Waals surface area contributed by atoms with E-state index < -0.39 is 0 Å². The SMILES string of the molecule is O=C(Nc1n[nH]cc1C1CC1)c1sc(C2CC2)nc1Br. The highest BCUT2D eigenvalue weighted by Gasteiger charge is 2.31. The zero-order valence-corrected chi connectivity index (χ0v) is 13.1. The first-order valence-corrected chi connectivity index (χ1v) is 8.34. The number of H-pyrrole nitrogens is 1. The van der Waals surface area contributed by atoms with Gasteiger partial charge in [0.1, 0.15) is 9.48 Å². The molecule has 2 aliphatic rings. The van der Waals surface area contributed by atoms with Gasteiger partial charge in [-0.25, -0.2) is 4.98 Å². The summed E-state index contributed by atoms with van der Waals surface area (Å²) in [5.41, 5.74) is 1.11. The van der Waals surface area contributed by atoms with Crippen LogP contribution < -0.4 is 5.32 Å². The van der Waals surface area contributed by atoms with E-state index in [4.69, 9.17) is 0 Å². The Labute approximate surface area is 128 Å². The van der Waals surface area contributed by atoms with Crippen molar-refractivity contribution in [2.75, 3.05) is 5.32 Å². The van der Waals surface area contributed by atoms with E-state index in [1.807, 2.05) is 6.20 Å². The summed E-state index contributed by atoms with van der Waals surface area (Å²) >= 11 is 4.87. The summed E-state index contributed by atoms with van der Waals surface area (Å²) in [4.78, 5) is 17.4. The molecule has 2 aliphatic carbocycles. The second-order valence-corrected chi connectivity index (χ2v) is 7.15. The molecule has 5 nitrogen and oxygen atoms in total. The molecule has 2 N–H and O–H groups in total. The highest BCUT2D eigenvalue weighted by molar-refractivity contribution is 9.10. The van der Waals surface area contributed by atoms with E-state index in [9.17, 15) is 4.79 Å². The number of halogens is 1. The molecule has 20 heavy (non-hydrogen) atoms. The van der Waals surface area contributed by atoms with E-state index in [0.29, 0.717) is 27.1 Å². The fourth-order valence-electron chi connectivity index (χ4n) is 2.23. The van der Waals surface area contributed by atoms with Crippen molar-refractivity contribution in [1.82, 2.24) is 15.2 Å². The number of carbonyl (C=O) groups excluding carboxylic acids is 1. The van der Waals surface area contributed by atoms with Crippen molar-refractivity contribution in [1.29, 1.82) is 0 Å². The van der Waals surface area contributed by atoms with Gasteiger partial charge in [-0.1, -0.05) is 0 Å². The summed E-state index contributed by atoms with van der Waals surface area (Å²) in [6, 6.07) is 0. The lowest BCUT2D eigenvalue weighted by Crippen LogP contribution is -2.12. The number of nitrogens with zero attached hydrogens (tertiary/aromatic N) is 2. The number of carbonyl (C=O) groups is 1. The highest BCUT2D eigenvalue weighted by Crippen LogP contribution is 2.44. The van der Waals surface area contributed by atoms with Crippen LogP contribution in [0.15, 0.2) is 10.8 Å². The first-order valence-electron chi connectivity index (χ1n) is 6.73. The summed E-state index contributed by atoms with van der Waals surface area (Å²) in [5.74, 6) is 1.64. The first-order chi connectivity index (χ1) is 9.72. The lowest BCUT2D eigenvalue weighted by atomic mass is 10.2. The highest BCUT2D eigenvalue weighted by atomic mass is 79.9. The standard InChI is InChI=1S/C13H13BrN4OS/c14-10-9(20-13(16-10)7-3-4-7)12(19)17-11-8(5-15-18-11)6-1-2-6/h5-7H,1-4H2,(H2,15,17,18,19). The zero-order valence-electron chi connectivity index (χ0n) is 10.6. The zero-order chi connectivity index (χ0) is 13.7. The van der Waals surface area contributed by atoms with Crippen molar-refractivity contribution in [2.24, 2.45) is 0 Å². The van der Waals surface area contributed by atoms with Crippen LogP contribution in [0.1, 0.15) is 57.8 Å². The van der Waals surface area contributed by atoms with Gasteiger partial charge in [0.15, 0.2) is 5.82 Å². The average molecular weight is 353 g/mol. The molecule has 1 amide bonds. The lowest BCUT2D eigenvalue weighted by Gasteiger charge is -2.02. The van der Waals surface area contributed by atoms with Crippen LogP contribution in [-0.4, -0.2) is 21.1 Å². The van der Waals surface area contributed by atoms with Crippen LogP contribution in [0.3, 0.4) is 0 Å². The maximum Gasteiger partial charge on any atom is 0.269 e. The molecule has 0 spiro atoms. The number of aromatic amines is 1. The molecule has 104 valence electrons. The second-order valence-electron chi connectivity index (χ2n) is 5.36. The number of hydrogen-bond acceptors (Lipinski definition) is 4. The van der Waals surface area contributed by atoms with E-state index in [1.54, 1.807) is 0 Å². The predicted octanol–water partition coefficient (Wildman–Crippen LogP) is 3.64. The van der Waals surface area contributed by atoms with Gasteiger partial charge in [0.2, 0.25) is 0 Å². The van der Waals surface area contributed by atoms with Gasteiger partial charge in [-0.2, -0.15) is 5.10 Å². The Balaban J connectivity index is 1.56. The maximum absolute atomic E-state index is 12.4. The van der Waals surface area contributed by atoms with E-state index in [-0.39, 0.29) is 5.91 Å². The third kappa shape index (κ3) is 2.29. The summed E-state index contributed by atoms with van der Waals surface area (Å²) in [6.45, 7) is 0. The molecule has 0 aromatic carbocycles. The normalized spacial score (nSPS) is 18.2. The van der Waals surface area contributed by atoms with Crippen LogP contribution >= 0.6 is 27.3 Å². The van der Waals surface area contributed by atoms with Gasteiger partial charge < -0.3 is 5.32 Å². The van der Waals surface area contributed by atoms with Crippen molar-refractivity contribution in [2.45, 2.75) is 37.5 Å². The minimum absolute atomic E-state index is 0.129. The van der Waals surface area contributed by atoms with Gasteiger partial charge in [-0.05, 0) is 47.5 Å². The third-order valence-corrected chi connectivity index (χ3v) is 5.71. The number of amides is 1. The van der Waals surface area contributed by atoms with Crippen molar-refractivity contribution < 1.29 is 4.79 Å². The van der Waals surface area contributed by atoms with Gasteiger partial charge in [-0.3, -0.25) is 9.89 Å². The Morgan fingerprint density at radius 1 is 1.35 bits per heavy atom. The molecular formula is C13H13BrN4OS. The molecule has 2 heterocycles. The molecule has 0 atom stereocenters. The lowest BCUT2D eigenvalue weighted by molar-refractivity contribution is 0.102. The molecule has 7 heteroatoms. The van der Waals surface area contributed by atoms with E-state index in [1.165, 1.54) is 37.0 Å². The van der Waals surface area contributed by atoms with Gasteiger partial charge in [0.25, 0.3) is 5.91 Å². The summed E-state index contributed by atoms with van der Waals surface area (Å²) in [7, 11) is 0. The molecule has 2 saturated carbocycles. The van der Waals surface area contributed by atoms with E-state index in [2.05, 4.69) is 36.4 Å². The number of hydrogen-bond donors (Lipinski definition) is 2. The number of anilines is 1. The quantitative estimate of drug-likeness (QED) is 0.882. The Morgan fingerprint density at radius 3 is 2.80 bits per heavy atom. The monoisotopic (exact) mass is 352 g/mol. The minimum Gasteiger partial charge on any atom is -0.304 e. The molecule has 2 fully saturated rings. The smallest absolute Gasteiger partial charge is 0.269 e. The molecule has 0 aliphatic heterocycles. The fraction of sp³-hybridized carbons (Fsp3) is 0.462. The predicted molar refractivity (Wildman–Crippen MR) is 80.3 cm³/mol. The van der Waals surface area contributed by atoms with Gasteiger partial charge in [0.05, 0.1) is 5.01 Å². The molecule has 0 radical (unpaired) electrons. The van der Waals surface area contributed by atoms with Crippen molar-refractivity contribution >= 4 is 39.0 Å². The second kappa shape index (κ2) is 4.66. The van der Waals surface area contributed by atoms with Crippen molar-refractivity contribution in [3.8, 4) is 0 Å². The van der Waals surface area contributed by atoms with Crippen LogP contribution in [0, 0.1) is 0 Å². The number of aromatic nitrogens is 3. The maximum atomic E-state index is 12.4. The van der Waals surface area contributed by atoms with E-state index in [0.717, 1.165) is 10.6 Å². The summed E-state index contributed by atoms with van der Waals surface area (Å²) in [5, 5.41) is 10.9. The molecule has 0 unspecified atom stereocenters. The molecule has 0 saturated heterocycles. The Morgan fingerprint density at radius 2 is 2.10 bits per heavy atom. The van der Waals surface area contributed by atoms with E-state index >= 15 is 0 Å². The van der Waals surface area contributed by atoms with Crippen LogP contribution in [-0.2, 0) is 0 Å². The molecule has 0 bridgehead atoms. The number of rotatable bonds is 4. The van der Waals surface area contributed by atoms with Crippen LogP contribution in [0.4, 0.5) is 5.82 Å². The molecule has 4 rings (SSSR count). The van der Waals surface area contributed by atoms with Crippen LogP contribution in [0.5, 0.6) is 0 Å². The van der Waals surface area contributed by atoms with Crippen molar-refractivity contribution in [3.05, 3.63) is 26.2 Å². The van der Waals surface area contributed by atoms with Crippen LogP contribution in [0.25, 0.3) is 0 Å². The topological polar surface area (TPSA) is 70.7 Å². The largest absolute Gasteiger partial charge is 0.304 e. The van der Waals surface area contributed by atoms with Crippen LogP contribution in [0.2, 0.25) is 0 Å². The molecular weight excluding hydrogens is 340 g/mol. The Kier molecular flexibility index (Phi) is 2.92. The Bertz CT molecular complexity index is 672. The first kappa shape index (κ1) is 12.5. The number of nitrogens with one attached hydrogen (secondary N) is 2. The summed E-state index contributed by atoms with van der Waals surface area (Å²) < 4.78 is 0.644. The fourth-order valence-corrected chi connectivity index (χ4v) is 3.98. The third-order valence-electron chi connectivity index (χ3n) is 3.65. The van der Waals surface area contributed by atoms with Gasteiger partial charge >= 0.3 is 0 Å². The minimum atomic E-state index is -0.129. The Hall–Kier alpha value is -1.21. The average Bonchev–Trinajstić information content (AvgIpc) is 3.35. The van der Waals surface area contributed by atoms with Gasteiger partial charge in [-0.15, -0.1) is 11.3 Å². The summed E-state index contributed by atoms with van der Waals surface area (Å²) in [6.07, 6.45) is 6.61. The van der Waals surface area contributed by atoms with Gasteiger partial charge in [0, 0.05) is 17.7 Å². The molecule has 2 aromatic rings. The van der Waals surface area contributed by atoms with Crippen molar-refractivity contribution in [3.63, 3.8) is 0 Å². The number of thiazole rings is 1.